The SMILES string of the molecule is CC.CC1(C)CCCC2C(CCCC2(C)C)C1. The molecule has 2 aliphatic carbocycles. The van der Waals surface area contributed by atoms with Crippen LogP contribution in [0, 0.1) is 22.7 Å². The summed E-state index contributed by atoms with van der Waals surface area (Å²) in [4.78, 5) is 0. The number of hydrogen-bond acceptors (Lipinski definition) is 0. The van der Waals surface area contributed by atoms with Gasteiger partial charge in [-0.05, 0) is 48.3 Å². The Kier molecular flexibility index (Phi) is 5.10. The van der Waals surface area contributed by atoms with E-state index in [1.54, 1.807) is 0 Å². The fraction of sp³-hybridized carbons (Fsp3) is 1.00. The first-order valence-corrected chi connectivity index (χ1v) is 7.91. The average Bonchev–Trinajstić information content (AvgIpc) is 2.39. The van der Waals surface area contributed by atoms with Gasteiger partial charge in [0.05, 0.1) is 0 Å². The Morgan fingerprint density at radius 3 is 2.06 bits per heavy atom. The zero-order chi connectivity index (χ0) is 13.1. The Bertz CT molecular complexity index is 224. The molecule has 0 nitrogen and oxygen atoms in total. The minimum Gasteiger partial charge on any atom is -0.0683 e. The van der Waals surface area contributed by atoms with Crippen LogP contribution in [0.1, 0.15) is 86.5 Å². The predicted octanol–water partition coefficient (Wildman–Crippen LogP) is 6.06. The molecule has 2 saturated carbocycles. The molecule has 2 fully saturated rings. The van der Waals surface area contributed by atoms with Crippen LogP contribution in [0.3, 0.4) is 0 Å². The average molecular weight is 238 g/mol. The van der Waals surface area contributed by atoms with Crippen molar-refractivity contribution < 1.29 is 0 Å². The molecule has 0 N–H and O–H groups in total. The zero-order valence-corrected chi connectivity index (χ0v) is 13.1. The van der Waals surface area contributed by atoms with Crippen molar-refractivity contribution in [3.8, 4) is 0 Å². The monoisotopic (exact) mass is 238 g/mol. The summed E-state index contributed by atoms with van der Waals surface area (Å²) in [6.07, 6.45) is 10.4. The molecular weight excluding hydrogens is 204 g/mol. The highest BCUT2D eigenvalue weighted by Gasteiger charge is 2.42. The Hall–Kier alpha value is 0. The molecule has 0 aromatic rings. The normalized spacial score (nSPS) is 34.9. The van der Waals surface area contributed by atoms with Crippen molar-refractivity contribution in [2.45, 2.75) is 86.5 Å². The van der Waals surface area contributed by atoms with Gasteiger partial charge < -0.3 is 0 Å². The third-order valence-corrected chi connectivity index (χ3v) is 5.15. The summed E-state index contributed by atoms with van der Waals surface area (Å²) in [6.45, 7) is 14.0. The second-order valence-electron chi connectivity index (χ2n) is 7.51. The van der Waals surface area contributed by atoms with Gasteiger partial charge in [0, 0.05) is 0 Å². The van der Waals surface area contributed by atoms with Crippen LogP contribution in [0.5, 0.6) is 0 Å². The zero-order valence-electron chi connectivity index (χ0n) is 13.1. The van der Waals surface area contributed by atoms with Crippen molar-refractivity contribution in [3.05, 3.63) is 0 Å². The van der Waals surface area contributed by atoms with Gasteiger partial charge in [0.1, 0.15) is 0 Å². The standard InChI is InChI=1S/C15H28.C2H6/c1-14(2)9-6-8-13-12(11-14)7-5-10-15(13,3)4;1-2/h12-13H,5-11H2,1-4H3;1-2H3. The Morgan fingerprint density at radius 1 is 0.824 bits per heavy atom. The molecule has 17 heavy (non-hydrogen) atoms. The summed E-state index contributed by atoms with van der Waals surface area (Å²) >= 11 is 0. The number of hydrogen-bond donors (Lipinski definition) is 0. The van der Waals surface area contributed by atoms with Crippen LogP contribution < -0.4 is 0 Å². The molecule has 2 aliphatic rings. The van der Waals surface area contributed by atoms with E-state index in [1.165, 1.54) is 44.9 Å². The van der Waals surface area contributed by atoms with E-state index in [-0.39, 0.29) is 0 Å². The molecule has 2 unspecified atom stereocenters. The lowest BCUT2D eigenvalue weighted by Gasteiger charge is -2.44. The molecule has 0 amide bonds. The third-order valence-electron chi connectivity index (χ3n) is 5.15. The van der Waals surface area contributed by atoms with Crippen LogP contribution in [-0.2, 0) is 0 Å². The van der Waals surface area contributed by atoms with E-state index in [0.717, 1.165) is 11.8 Å². The van der Waals surface area contributed by atoms with Crippen molar-refractivity contribution >= 4 is 0 Å². The minimum absolute atomic E-state index is 0.618. The van der Waals surface area contributed by atoms with E-state index in [4.69, 9.17) is 0 Å². The van der Waals surface area contributed by atoms with E-state index in [0.29, 0.717) is 10.8 Å². The van der Waals surface area contributed by atoms with Gasteiger partial charge >= 0.3 is 0 Å². The van der Waals surface area contributed by atoms with Gasteiger partial charge in [-0.2, -0.15) is 0 Å². The first kappa shape index (κ1) is 15.1. The molecule has 2 atom stereocenters. The smallest absolute Gasteiger partial charge is 0.0323 e. The molecule has 0 aliphatic heterocycles. The quantitative estimate of drug-likeness (QED) is 0.481. The van der Waals surface area contributed by atoms with Gasteiger partial charge in [0.2, 0.25) is 0 Å². The lowest BCUT2D eigenvalue weighted by Crippen LogP contribution is -2.35. The minimum atomic E-state index is 0.618. The molecule has 2 rings (SSSR count). The number of fused-ring (bicyclic) bond motifs is 1. The first-order valence-electron chi connectivity index (χ1n) is 7.91. The lowest BCUT2D eigenvalue weighted by molar-refractivity contribution is 0.0570. The Balaban J connectivity index is 0.000000686. The highest BCUT2D eigenvalue weighted by Crippen LogP contribution is 2.52. The van der Waals surface area contributed by atoms with Gasteiger partial charge in [-0.3, -0.25) is 0 Å². The Morgan fingerprint density at radius 2 is 1.41 bits per heavy atom. The summed E-state index contributed by atoms with van der Waals surface area (Å²) < 4.78 is 0. The van der Waals surface area contributed by atoms with Crippen molar-refractivity contribution in [2.24, 2.45) is 22.7 Å². The highest BCUT2D eigenvalue weighted by molar-refractivity contribution is 4.92. The maximum Gasteiger partial charge on any atom is -0.0323 e. The van der Waals surface area contributed by atoms with Crippen molar-refractivity contribution in [3.63, 3.8) is 0 Å². The van der Waals surface area contributed by atoms with Gasteiger partial charge in [0.25, 0.3) is 0 Å². The molecule has 0 bridgehead atoms. The summed E-state index contributed by atoms with van der Waals surface area (Å²) in [5, 5.41) is 0. The molecule has 0 heterocycles. The van der Waals surface area contributed by atoms with Crippen LogP contribution in [0.15, 0.2) is 0 Å². The van der Waals surface area contributed by atoms with Crippen molar-refractivity contribution in [2.75, 3.05) is 0 Å². The largest absolute Gasteiger partial charge is 0.0683 e. The van der Waals surface area contributed by atoms with Crippen molar-refractivity contribution in [1.29, 1.82) is 0 Å². The molecule has 0 aromatic carbocycles. The molecule has 0 spiro atoms. The highest BCUT2D eigenvalue weighted by atomic mass is 14.5. The van der Waals surface area contributed by atoms with E-state index >= 15 is 0 Å². The van der Waals surface area contributed by atoms with Crippen LogP contribution in [0.25, 0.3) is 0 Å². The van der Waals surface area contributed by atoms with Crippen LogP contribution >= 0.6 is 0 Å². The van der Waals surface area contributed by atoms with Crippen LogP contribution in [0.4, 0.5) is 0 Å². The fourth-order valence-electron chi connectivity index (χ4n) is 4.33. The first-order chi connectivity index (χ1) is 7.91. The molecule has 102 valence electrons. The van der Waals surface area contributed by atoms with Gasteiger partial charge in [-0.1, -0.05) is 60.8 Å². The predicted molar refractivity (Wildman–Crippen MR) is 78.2 cm³/mol. The third kappa shape index (κ3) is 3.73. The molecule has 0 heteroatoms. The molecule has 0 saturated heterocycles. The van der Waals surface area contributed by atoms with E-state index in [2.05, 4.69) is 27.7 Å². The summed E-state index contributed by atoms with van der Waals surface area (Å²) in [6, 6.07) is 0. The fourth-order valence-corrected chi connectivity index (χ4v) is 4.33. The van der Waals surface area contributed by atoms with Crippen LogP contribution in [0.2, 0.25) is 0 Å². The molecular formula is C17H34. The van der Waals surface area contributed by atoms with Gasteiger partial charge in [0.15, 0.2) is 0 Å². The van der Waals surface area contributed by atoms with E-state index in [9.17, 15) is 0 Å². The van der Waals surface area contributed by atoms with E-state index in [1.807, 2.05) is 13.8 Å². The van der Waals surface area contributed by atoms with E-state index < -0.39 is 0 Å². The van der Waals surface area contributed by atoms with Crippen LogP contribution in [-0.4, -0.2) is 0 Å². The molecule has 0 aromatic heterocycles. The van der Waals surface area contributed by atoms with Gasteiger partial charge in [-0.25, -0.2) is 0 Å². The second-order valence-corrected chi connectivity index (χ2v) is 7.51. The summed E-state index contributed by atoms with van der Waals surface area (Å²) in [5.41, 5.74) is 1.25. The second kappa shape index (κ2) is 5.76. The summed E-state index contributed by atoms with van der Waals surface area (Å²) in [7, 11) is 0. The lowest BCUT2D eigenvalue weighted by atomic mass is 9.61. The topological polar surface area (TPSA) is 0 Å². The maximum atomic E-state index is 2.52. The Labute approximate surface area is 110 Å². The number of rotatable bonds is 0. The molecule has 0 radical (unpaired) electrons. The maximum absolute atomic E-state index is 2.52. The summed E-state index contributed by atoms with van der Waals surface area (Å²) in [5.74, 6) is 2.05. The van der Waals surface area contributed by atoms with Crippen molar-refractivity contribution in [1.82, 2.24) is 0 Å². The van der Waals surface area contributed by atoms with Gasteiger partial charge in [-0.15, -0.1) is 0 Å².